The van der Waals surface area contributed by atoms with Gasteiger partial charge in [-0.2, -0.15) is 5.26 Å². The predicted molar refractivity (Wildman–Crippen MR) is 91.6 cm³/mol. The number of hydrogen-bond donors (Lipinski definition) is 0. The fourth-order valence-electron chi connectivity index (χ4n) is 1.95. The van der Waals surface area contributed by atoms with Crippen LogP contribution in [0.3, 0.4) is 0 Å². The number of nitriles is 1. The van der Waals surface area contributed by atoms with Gasteiger partial charge in [-0.1, -0.05) is 29.8 Å². The maximum Gasteiger partial charge on any atom is 0.261 e. The van der Waals surface area contributed by atoms with Crippen molar-refractivity contribution in [2.45, 2.75) is 6.54 Å². The quantitative estimate of drug-likeness (QED) is 0.715. The SMILES string of the molecule is C=CCN(Cc1ccc(Cl)s1)C(=O)COc1ccccc1C#N. The molecule has 1 aromatic carbocycles. The normalized spacial score (nSPS) is 9.91. The second-order valence-corrected chi connectivity index (χ2v) is 6.47. The lowest BCUT2D eigenvalue weighted by Gasteiger charge is -2.20. The molecule has 0 atom stereocenters. The number of halogens is 1. The van der Waals surface area contributed by atoms with Crippen LogP contribution in [-0.4, -0.2) is 24.0 Å². The molecule has 6 heteroatoms. The lowest BCUT2D eigenvalue weighted by atomic mass is 10.2. The smallest absolute Gasteiger partial charge is 0.261 e. The topological polar surface area (TPSA) is 53.3 Å². The summed E-state index contributed by atoms with van der Waals surface area (Å²) in [6, 6.07) is 12.6. The van der Waals surface area contributed by atoms with E-state index in [4.69, 9.17) is 21.6 Å². The zero-order chi connectivity index (χ0) is 16.7. The molecule has 0 bridgehead atoms. The Bertz CT molecular complexity index is 736. The summed E-state index contributed by atoms with van der Waals surface area (Å²) < 4.78 is 6.17. The molecule has 0 aliphatic rings. The van der Waals surface area contributed by atoms with Crippen LogP contribution < -0.4 is 4.74 Å². The molecule has 2 rings (SSSR count). The minimum Gasteiger partial charge on any atom is -0.482 e. The van der Waals surface area contributed by atoms with Crippen molar-refractivity contribution in [3.63, 3.8) is 0 Å². The van der Waals surface area contributed by atoms with Crippen molar-refractivity contribution in [1.29, 1.82) is 5.26 Å². The standard InChI is InChI=1S/C17H15ClN2O2S/c1-2-9-20(11-14-7-8-16(18)23-14)17(21)12-22-15-6-4-3-5-13(15)10-19/h2-8H,1,9,11-12H2. The molecule has 1 heterocycles. The summed E-state index contributed by atoms with van der Waals surface area (Å²) in [6.07, 6.45) is 1.66. The first-order valence-corrected chi connectivity index (χ1v) is 8.08. The summed E-state index contributed by atoms with van der Waals surface area (Å²) in [6.45, 7) is 4.41. The summed E-state index contributed by atoms with van der Waals surface area (Å²) in [5, 5.41) is 9.02. The average molecular weight is 347 g/mol. The number of carbonyl (C=O) groups excluding carboxylic acids is 1. The van der Waals surface area contributed by atoms with Gasteiger partial charge in [-0.15, -0.1) is 17.9 Å². The molecule has 0 aliphatic heterocycles. The summed E-state index contributed by atoms with van der Waals surface area (Å²) in [7, 11) is 0. The van der Waals surface area contributed by atoms with Crippen LogP contribution in [0.25, 0.3) is 0 Å². The number of ether oxygens (including phenoxy) is 1. The highest BCUT2D eigenvalue weighted by Crippen LogP contribution is 2.23. The van der Waals surface area contributed by atoms with Crippen molar-refractivity contribution in [3.8, 4) is 11.8 Å². The van der Waals surface area contributed by atoms with Gasteiger partial charge in [0.05, 0.1) is 16.4 Å². The largest absolute Gasteiger partial charge is 0.482 e. The van der Waals surface area contributed by atoms with Gasteiger partial charge in [0.1, 0.15) is 11.8 Å². The van der Waals surface area contributed by atoms with Crippen molar-refractivity contribution in [2.75, 3.05) is 13.2 Å². The highest BCUT2D eigenvalue weighted by atomic mass is 35.5. The molecular formula is C17H15ClN2O2S. The van der Waals surface area contributed by atoms with Crippen LogP contribution in [-0.2, 0) is 11.3 Å². The average Bonchev–Trinajstić information content (AvgIpc) is 2.97. The highest BCUT2D eigenvalue weighted by Gasteiger charge is 2.15. The van der Waals surface area contributed by atoms with E-state index in [1.54, 1.807) is 41.3 Å². The number of amides is 1. The lowest BCUT2D eigenvalue weighted by Crippen LogP contribution is -2.34. The van der Waals surface area contributed by atoms with E-state index in [1.165, 1.54) is 11.3 Å². The van der Waals surface area contributed by atoms with Crippen molar-refractivity contribution < 1.29 is 9.53 Å². The molecule has 23 heavy (non-hydrogen) atoms. The number of para-hydroxylation sites is 1. The molecule has 0 aliphatic carbocycles. The van der Waals surface area contributed by atoms with Gasteiger partial charge in [0.25, 0.3) is 5.91 Å². The number of hydrogen-bond acceptors (Lipinski definition) is 4. The van der Waals surface area contributed by atoms with E-state index in [1.807, 2.05) is 12.1 Å². The molecule has 1 amide bonds. The number of carbonyl (C=O) groups is 1. The Morgan fingerprint density at radius 3 is 2.83 bits per heavy atom. The van der Waals surface area contributed by atoms with Crippen LogP contribution in [0.4, 0.5) is 0 Å². The van der Waals surface area contributed by atoms with Crippen molar-refractivity contribution in [2.24, 2.45) is 0 Å². The van der Waals surface area contributed by atoms with Gasteiger partial charge in [0, 0.05) is 11.4 Å². The van der Waals surface area contributed by atoms with Crippen LogP contribution in [0.1, 0.15) is 10.4 Å². The Morgan fingerprint density at radius 2 is 2.17 bits per heavy atom. The zero-order valence-electron chi connectivity index (χ0n) is 12.4. The number of benzene rings is 1. The molecule has 118 valence electrons. The van der Waals surface area contributed by atoms with E-state index in [0.717, 1.165) is 4.88 Å². The van der Waals surface area contributed by atoms with Crippen molar-refractivity contribution >= 4 is 28.8 Å². The first-order valence-electron chi connectivity index (χ1n) is 6.89. The first kappa shape index (κ1) is 17.1. The van der Waals surface area contributed by atoms with E-state index in [9.17, 15) is 4.79 Å². The predicted octanol–water partition coefficient (Wildman–Crippen LogP) is 3.87. The zero-order valence-corrected chi connectivity index (χ0v) is 13.9. The van der Waals surface area contributed by atoms with Gasteiger partial charge in [-0.25, -0.2) is 0 Å². The van der Waals surface area contributed by atoms with Gasteiger partial charge in [0.2, 0.25) is 0 Å². The molecule has 0 unspecified atom stereocenters. The van der Waals surface area contributed by atoms with E-state index in [-0.39, 0.29) is 12.5 Å². The Kier molecular flexibility index (Phi) is 6.21. The summed E-state index contributed by atoms with van der Waals surface area (Å²) in [5.74, 6) is 0.225. The van der Waals surface area contributed by atoms with Gasteiger partial charge < -0.3 is 9.64 Å². The summed E-state index contributed by atoms with van der Waals surface area (Å²) in [5.41, 5.74) is 0.403. The first-order chi connectivity index (χ1) is 11.1. The minimum atomic E-state index is -0.179. The Morgan fingerprint density at radius 1 is 1.39 bits per heavy atom. The van der Waals surface area contributed by atoms with Crippen LogP contribution in [0.2, 0.25) is 4.34 Å². The minimum absolute atomic E-state index is 0.133. The molecule has 4 nitrogen and oxygen atoms in total. The lowest BCUT2D eigenvalue weighted by molar-refractivity contribution is -0.133. The van der Waals surface area contributed by atoms with Gasteiger partial charge >= 0.3 is 0 Å². The Hall–Kier alpha value is -2.29. The summed E-state index contributed by atoms with van der Waals surface area (Å²) in [4.78, 5) is 15.0. The second kappa shape index (κ2) is 8.37. The molecule has 0 spiro atoms. The second-order valence-electron chi connectivity index (χ2n) is 4.67. The Balaban J connectivity index is 2.00. The van der Waals surface area contributed by atoms with E-state index < -0.39 is 0 Å². The molecule has 0 saturated carbocycles. The third kappa shape index (κ3) is 4.85. The molecule has 0 fully saturated rings. The van der Waals surface area contributed by atoms with Crippen LogP contribution in [0.5, 0.6) is 5.75 Å². The van der Waals surface area contributed by atoms with Crippen molar-refractivity contribution in [3.05, 3.63) is 63.8 Å². The maximum absolute atomic E-state index is 12.4. The third-order valence-electron chi connectivity index (χ3n) is 3.04. The number of rotatable bonds is 7. The highest BCUT2D eigenvalue weighted by molar-refractivity contribution is 7.16. The molecule has 0 radical (unpaired) electrons. The number of nitrogens with zero attached hydrogens (tertiary/aromatic N) is 2. The molecule has 2 aromatic rings. The maximum atomic E-state index is 12.4. The number of thiophene rings is 1. The van der Waals surface area contributed by atoms with Gasteiger partial charge in [-0.3, -0.25) is 4.79 Å². The van der Waals surface area contributed by atoms with Crippen molar-refractivity contribution in [1.82, 2.24) is 4.90 Å². The van der Waals surface area contributed by atoms with Gasteiger partial charge in [0.15, 0.2) is 6.61 Å². The van der Waals surface area contributed by atoms with Gasteiger partial charge in [-0.05, 0) is 24.3 Å². The van der Waals surface area contributed by atoms with E-state index in [2.05, 4.69) is 6.58 Å². The summed E-state index contributed by atoms with van der Waals surface area (Å²) >= 11 is 7.35. The van der Waals surface area contributed by atoms with Crippen LogP contribution in [0, 0.1) is 11.3 Å². The monoisotopic (exact) mass is 346 g/mol. The molecule has 0 saturated heterocycles. The fraction of sp³-hybridized carbons (Fsp3) is 0.176. The van der Waals surface area contributed by atoms with E-state index >= 15 is 0 Å². The fourth-order valence-corrected chi connectivity index (χ4v) is 3.05. The molecule has 0 N–H and O–H groups in total. The van der Waals surface area contributed by atoms with E-state index in [0.29, 0.717) is 28.7 Å². The van der Waals surface area contributed by atoms with Crippen LogP contribution >= 0.6 is 22.9 Å². The molecule has 1 aromatic heterocycles. The third-order valence-corrected chi connectivity index (χ3v) is 4.25. The van der Waals surface area contributed by atoms with Crippen LogP contribution in [0.15, 0.2) is 49.1 Å². The molecular weight excluding hydrogens is 332 g/mol. The Labute approximate surface area is 144 Å².